The molecule has 0 saturated heterocycles. The molecule has 2 nitrogen and oxygen atoms in total. The highest BCUT2D eigenvalue weighted by Crippen LogP contribution is 2.11. The number of aliphatic carboxylic acids is 1. The minimum atomic E-state index is -0.662. The maximum absolute atomic E-state index is 10.4. The zero-order chi connectivity index (χ0) is 19.8. The number of carboxylic acid groups (broad SMARTS) is 1. The number of carbonyl (C=O) groups is 1. The van der Waals surface area contributed by atoms with E-state index in [0.29, 0.717) is 6.42 Å². The minimum absolute atomic E-state index is 0.333. The second-order valence-electron chi connectivity index (χ2n) is 7.50. The molecule has 0 aromatic heterocycles. The van der Waals surface area contributed by atoms with Gasteiger partial charge in [-0.1, -0.05) is 101 Å². The summed E-state index contributed by atoms with van der Waals surface area (Å²) in [6.45, 7) is 2.25. The summed E-state index contributed by atoms with van der Waals surface area (Å²) in [7, 11) is 0. The molecule has 0 rings (SSSR count). The molecule has 0 aromatic rings. The van der Waals surface area contributed by atoms with E-state index in [2.05, 4.69) is 43.4 Å². The summed E-state index contributed by atoms with van der Waals surface area (Å²) < 4.78 is 0. The maximum atomic E-state index is 10.4. The summed E-state index contributed by atoms with van der Waals surface area (Å²) in [5, 5.41) is 8.57. The van der Waals surface area contributed by atoms with Gasteiger partial charge in [0.25, 0.3) is 0 Å². The number of carboxylic acids is 1. The minimum Gasteiger partial charge on any atom is -0.481 e. The van der Waals surface area contributed by atoms with Gasteiger partial charge in [-0.2, -0.15) is 0 Å². The van der Waals surface area contributed by atoms with Crippen molar-refractivity contribution in [2.45, 2.75) is 116 Å². The average Bonchev–Trinajstić information content (AvgIpc) is 2.65. The first-order valence-corrected chi connectivity index (χ1v) is 11.4. The molecular weight excluding hydrogens is 332 g/mol. The lowest BCUT2D eigenvalue weighted by atomic mass is 10.1. The fourth-order valence-corrected chi connectivity index (χ4v) is 3.07. The Morgan fingerprint density at radius 2 is 1.00 bits per heavy atom. The summed E-state index contributed by atoms with van der Waals surface area (Å²) in [6, 6.07) is 0. The molecule has 27 heavy (non-hydrogen) atoms. The molecule has 0 amide bonds. The topological polar surface area (TPSA) is 37.3 Å². The highest BCUT2D eigenvalue weighted by atomic mass is 16.4. The predicted octanol–water partition coefficient (Wildman–Crippen LogP) is 8.39. The molecule has 0 aliphatic heterocycles. The Morgan fingerprint density at radius 3 is 1.48 bits per heavy atom. The molecule has 0 spiro atoms. The second-order valence-corrected chi connectivity index (χ2v) is 7.50. The summed E-state index contributed by atoms with van der Waals surface area (Å²) in [5.74, 6) is -0.662. The molecule has 156 valence electrons. The lowest BCUT2D eigenvalue weighted by Crippen LogP contribution is -1.93. The Kier molecular flexibility index (Phi) is 21.6. The smallest absolute Gasteiger partial charge is 0.303 e. The number of allylic oxidation sites excluding steroid dienone is 6. The first kappa shape index (κ1) is 25.7. The van der Waals surface area contributed by atoms with E-state index in [1.54, 1.807) is 0 Å². The first-order chi connectivity index (χ1) is 13.3. The third-order valence-electron chi connectivity index (χ3n) is 4.78. The van der Waals surface area contributed by atoms with Gasteiger partial charge in [0.2, 0.25) is 0 Å². The zero-order valence-electron chi connectivity index (χ0n) is 17.8. The van der Waals surface area contributed by atoms with Crippen LogP contribution in [0.2, 0.25) is 0 Å². The summed E-state index contributed by atoms with van der Waals surface area (Å²) in [4.78, 5) is 10.4. The fraction of sp³-hybridized carbons (Fsp3) is 0.720. The van der Waals surface area contributed by atoms with Crippen LogP contribution in [-0.4, -0.2) is 11.1 Å². The van der Waals surface area contributed by atoms with Crippen LogP contribution in [0.25, 0.3) is 0 Å². The van der Waals surface area contributed by atoms with Gasteiger partial charge in [0.15, 0.2) is 0 Å². The first-order valence-electron chi connectivity index (χ1n) is 11.4. The van der Waals surface area contributed by atoms with Gasteiger partial charge in [-0.25, -0.2) is 0 Å². The molecule has 1 N–H and O–H groups in total. The van der Waals surface area contributed by atoms with Crippen LogP contribution in [0, 0.1) is 0 Å². The molecule has 2 heteroatoms. The van der Waals surface area contributed by atoms with Crippen LogP contribution in [0.5, 0.6) is 0 Å². The maximum Gasteiger partial charge on any atom is 0.303 e. The van der Waals surface area contributed by atoms with Crippen molar-refractivity contribution in [1.29, 1.82) is 0 Å². The third kappa shape index (κ3) is 24.7. The average molecular weight is 377 g/mol. The van der Waals surface area contributed by atoms with E-state index < -0.39 is 5.97 Å². The summed E-state index contributed by atoms with van der Waals surface area (Å²) in [5.41, 5.74) is 0. The van der Waals surface area contributed by atoms with Crippen molar-refractivity contribution < 1.29 is 9.90 Å². The van der Waals surface area contributed by atoms with Gasteiger partial charge in [-0.15, -0.1) is 0 Å². The standard InChI is InChI=1S/C25H44O2/c1-2-3-4-5-6-7-8-9-10-11-12-13-14-15-16-17-18-19-20-21-22-23-24-25(26)27/h6-7,9-10,12-13H,2-5,8,11,14-24H2,1H3,(H,26,27). The van der Waals surface area contributed by atoms with Crippen LogP contribution >= 0.6 is 0 Å². The van der Waals surface area contributed by atoms with Crippen molar-refractivity contribution in [3.8, 4) is 0 Å². The van der Waals surface area contributed by atoms with Gasteiger partial charge in [-0.05, 0) is 44.9 Å². The van der Waals surface area contributed by atoms with Gasteiger partial charge >= 0.3 is 5.97 Å². The van der Waals surface area contributed by atoms with Gasteiger partial charge in [0.1, 0.15) is 0 Å². The highest BCUT2D eigenvalue weighted by molar-refractivity contribution is 5.66. The molecule has 0 heterocycles. The SMILES string of the molecule is CCCCCC=CCC=CCC=CCCCCCCCCCCCC(=O)O. The lowest BCUT2D eigenvalue weighted by Gasteiger charge is -2.01. The second kappa shape index (κ2) is 22.7. The molecule has 0 aliphatic rings. The normalized spacial score (nSPS) is 12.0. The molecule has 0 aromatic carbocycles. The Balaban J connectivity index is 3.22. The molecule has 0 atom stereocenters. The lowest BCUT2D eigenvalue weighted by molar-refractivity contribution is -0.137. The van der Waals surface area contributed by atoms with E-state index in [-0.39, 0.29) is 0 Å². The van der Waals surface area contributed by atoms with Gasteiger partial charge in [0.05, 0.1) is 0 Å². The molecule has 0 saturated carbocycles. The van der Waals surface area contributed by atoms with Crippen molar-refractivity contribution in [2.24, 2.45) is 0 Å². The number of rotatable bonds is 20. The predicted molar refractivity (Wildman–Crippen MR) is 119 cm³/mol. The largest absolute Gasteiger partial charge is 0.481 e. The van der Waals surface area contributed by atoms with E-state index in [9.17, 15) is 4.79 Å². The van der Waals surface area contributed by atoms with E-state index in [1.807, 2.05) is 0 Å². The molecule has 0 radical (unpaired) electrons. The summed E-state index contributed by atoms with van der Waals surface area (Å²) >= 11 is 0. The molecule has 0 unspecified atom stereocenters. The third-order valence-corrected chi connectivity index (χ3v) is 4.78. The van der Waals surface area contributed by atoms with Crippen LogP contribution in [0.4, 0.5) is 0 Å². The van der Waals surface area contributed by atoms with Gasteiger partial charge in [-0.3, -0.25) is 4.79 Å². The zero-order valence-corrected chi connectivity index (χ0v) is 17.8. The van der Waals surface area contributed by atoms with E-state index in [4.69, 9.17) is 5.11 Å². The number of unbranched alkanes of at least 4 members (excludes halogenated alkanes) is 12. The van der Waals surface area contributed by atoms with Crippen LogP contribution in [0.3, 0.4) is 0 Å². The number of hydrogen-bond acceptors (Lipinski definition) is 1. The Hall–Kier alpha value is -1.31. The molecule has 0 fully saturated rings. The number of hydrogen-bond donors (Lipinski definition) is 1. The molecule has 0 bridgehead atoms. The van der Waals surface area contributed by atoms with Crippen LogP contribution in [0.15, 0.2) is 36.5 Å². The monoisotopic (exact) mass is 376 g/mol. The Labute approximate surface area is 168 Å². The highest BCUT2D eigenvalue weighted by Gasteiger charge is 1.96. The van der Waals surface area contributed by atoms with Crippen molar-refractivity contribution in [1.82, 2.24) is 0 Å². The van der Waals surface area contributed by atoms with Gasteiger partial charge < -0.3 is 5.11 Å². The summed E-state index contributed by atoms with van der Waals surface area (Å²) in [6.07, 6.45) is 33.6. The Morgan fingerprint density at radius 1 is 0.593 bits per heavy atom. The van der Waals surface area contributed by atoms with Crippen LogP contribution in [0.1, 0.15) is 116 Å². The van der Waals surface area contributed by atoms with Crippen molar-refractivity contribution in [3.63, 3.8) is 0 Å². The van der Waals surface area contributed by atoms with Crippen LogP contribution in [-0.2, 0) is 4.79 Å². The van der Waals surface area contributed by atoms with Crippen molar-refractivity contribution in [3.05, 3.63) is 36.5 Å². The van der Waals surface area contributed by atoms with Crippen LogP contribution < -0.4 is 0 Å². The Bertz CT molecular complexity index is 393. The molecule has 0 aliphatic carbocycles. The van der Waals surface area contributed by atoms with E-state index >= 15 is 0 Å². The quantitative estimate of drug-likeness (QED) is 0.171. The van der Waals surface area contributed by atoms with Crippen molar-refractivity contribution in [2.75, 3.05) is 0 Å². The fourth-order valence-electron chi connectivity index (χ4n) is 3.07. The van der Waals surface area contributed by atoms with E-state index in [0.717, 1.165) is 25.7 Å². The molecular formula is C25H44O2. The van der Waals surface area contributed by atoms with Gasteiger partial charge in [0, 0.05) is 6.42 Å². The van der Waals surface area contributed by atoms with Crippen molar-refractivity contribution >= 4 is 5.97 Å². The van der Waals surface area contributed by atoms with E-state index in [1.165, 1.54) is 77.0 Å².